The number of benzene rings is 1. The van der Waals surface area contributed by atoms with Crippen molar-refractivity contribution < 1.29 is 23.9 Å². The van der Waals surface area contributed by atoms with Gasteiger partial charge in [0.05, 0.1) is 30.3 Å². The van der Waals surface area contributed by atoms with Crippen molar-refractivity contribution in [2.24, 2.45) is 0 Å². The van der Waals surface area contributed by atoms with E-state index in [4.69, 9.17) is 19.9 Å². The van der Waals surface area contributed by atoms with E-state index in [0.717, 1.165) is 0 Å². The van der Waals surface area contributed by atoms with Crippen LogP contribution in [0.4, 0.5) is 11.4 Å². The van der Waals surface area contributed by atoms with Crippen molar-refractivity contribution in [3.63, 3.8) is 0 Å². The lowest BCUT2D eigenvalue weighted by atomic mass is 9.96. The number of methoxy groups -OCH3 is 2. The molecule has 142 valence electrons. The molecule has 0 bridgehead atoms. The highest BCUT2D eigenvalue weighted by Crippen LogP contribution is 2.43. The number of hydrogen-bond donors (Lipinski definition) is 1. The number of rotatable bonds is 4. The number of hydrogen-bond acceptors (Lipinski definition) is 7. The van der Waals surface area contributed by atoms with Gasteiger partial charge in [-0.1, -0.05) is 0 Å². The summed E-state index contributed by atoms with van der Waals surface area (Å²) in [7, 11) is 2.56. The van der Waals surface area contributed by atoms with Gasteiger partial charge in [-0.25, -0.2) is 4.79 Å². The number of carbonyl (C=O) groups is 1. The summed E-state index contributed by atoms with van der Waals surface area (Å²) in [5, 5.41) is 11.6. The molecule has 1 aromatic carbocycles. The van der Waals surface area contributed by atoms with Gasteiger partial charge in [0.1, 0.15) is 11.8 Å². The van der Waals surface area contributed by atoms with Gasteiger partial charge in [-0.15, -0.1) is 0 Å². The number of nitro benzene ring substituents is 1. The molecule has 8 nitrogen and oxygen atoms in total. The van der Waals surface area contributed by atoms with E-state index in [0.29, 0.717) is 4.47 Å². The van der Waals surface area contributed by atoms with Gasteiger partial charge < -0.3 is 19.9 Å². The first-order chi connectivity index (χ1) is 12.0. The SMILES string of the molecule is COC#Cc1c(N)c([N+](=O)[O-])c(C)c([C@H](OC(C)(C)C)C(=O)OC)c1Br. The van der Waals surface area contributed by atoms with E-state index in [1.165, 1.54) is 21.1 Å². The minimum Gasteiger partial charge on any atom is -0.467 e. The van der Waals surface area contributed by atoms with Crippen LogP contribution in [0.25, 0.3) is 0 Å². The number of ether oxygens (including phenoxy) is 3. The Morgan fingerprint density at radius 2 is 1.92 bits per heavy atom. The van der Waals surface area contributed by atoms with Crippen molar-refractivity contribution in [2.75, 3.05) is 20.0 Å². The Morgan fingerprint density at radius 3 is 2.35 bits per heavy atom. The molecule has 26 heavy (non-hydrogen) atoms. The van der Waals surface area contributed by atoms with Crippen LogP contribution in [-0.4, -0.2) is 30.7 Å². The molecular formula is C17H21BrN2O6. The molecule has 0 unspecified atom stereocenters. The Balaban J connectivity index is 3.89. The molecule has 0 spiro atoms. The number of nitro groups is 1. The van der Waals surface area contributed by atoms with Gasteiger partial charge in [-0.05, 0) is 49.5 Å². The lowest BCUT2D eigenvalue weighted by Gasteiger charge is -2.28. The molecule has 0 saturated heterocycles. The van der Waals surface area contributed by atoms with Crippen molar-refractivity contribution >= 4 is 33.3 Å². The number of esters is 1. The maximum atomic E-state index is 12.4. The number of carbonyl (C=O) groups excluding carboxylic acids is 1. The first kappa shape index (κ1) is 21.7. The highest BCUT2D eigenvalue weighted by atomic mass is 79.9. The van der Waals surface area contributed by atoms with Gasteiger partial charge in [-0.3, -0.25) is 10.1 Å². The molecular weight excluding hydrogens is 408 g/mol. The van der Waals surface area contributed by atoms with E-state index in [1.54, 1.807) is 20.8 Å². The van der Waals surface area contributed by atoms with E-state index < -0.39 is 22.6 Å². The Morgan fingerprint density at radius 1 is 1.35 bits per heavy atom. The van der Waals surface area contributed by atoms with Gasteiger partial charge in [0, 0.05) is 15.6 Å². The number of anilines is 1. The smallest absolute Gasteiger partial charge is 0.339 e. The number of nitrogens with zero attached hydrogens (tertiary/aromatic N) is 1. The van der Waals surface area contributed by atoms with Gasteiger partial charge in [0.15, 0.2) is 6.10 Å². The van der Waals surface area contributed by atoms with E-state index in [2.05, 4.69) is 28.0 Å². The van der Waals surface area contributed by atoms with E-state index in [-0.39, 0.29) is 28.1 Å². The topological polar surface area (TPSA) is 114 Å². The monoisotopic (exact) mass is 428 g/mol. The van der Waals surface area contributed by atoms with Crippen LogP contribution in [0.3, 0.4) is 0 Å². The molecule has 9 heteroatoms. The standard InChI is InChI=1S/C17H21BrN2O6/c1-9-11(15(16(21)25-6)26-17(2,3)4)12(18)10(7-8-24-5)13(19)14(9)20(22)23/h15H,19H2,1-6H3/t15-/m0/s1. The predicted molar refractivity (Wildman–Crippen MR) is 99.4 cm³/mol. The Kier molecular flexibility index (Phi) is 7.00. The first-order valence-electron chi connectivity index (χ1n) is 7.51. The summed E-state index contributed by atoms with van der Waals surface area (Å²) in [6, 6.07) is 0. The second kappa shape index (κ2) is 8.38. The van der Waals surface area contributed by atoms with Gasteiger partial charge in [0.2, 0.25) is 0 Å². The van der Waals surface area contributed by atoms with Crippen molar-refractivity contribution in [3.05, 3.63) is 31.3 Å². The fraction of sp³-hybridized carbons (Fsp3) is 0.471. The minimum atomic E-state index is -1.21. The van der Waals surface area contributed by atoms with Crippen LogP contribution in [0.1, 0.15) is 43.6 Å². The second-order valence-corrected chi connectivity index (χ2v) is 7.10. The summed E-state index contributed by atoms with van der Waals surface area (Å²) in [5.74, 6) is 1.91. The number of halogens is 1. The molecule has 1 atom stereocenters. The summed E-state index contributed by atoms with van der Waals surface area (Å²) < 4.78 is 15.7. The number of nitrogens with two attached hydrogens (primary N) is 1. The van der Waals surface area contributed by atoms with Gasteiger partial charge in [-0.2, -0.15) is 0 Å². The largest absolute Gasteiger partial charge is 0.467 e. The zero-order valence-corrected chi connectivity index (χ0v) is 17.0. The van der Waals surface area contributed by atoms with Crippen molar-refractivity contribution in [1.29, 1.82) is 0 Å². The van der Waals surface area contributed by atoms with Crippen molar-refractivity contribution in [2.45, 2.75) is 39.4 Å². The normalized spacial score (nSPS) is 12.0. The lowest BCUT2D eigenvalue weighted by Crippen LogP contribution is -2.29. The molecule has 2 N–H and O–H groups in total. The Bertz CT molecular complexity index is 789. The molecule has 0 aromatic heterocycles. The van der Waals surface area contributed by atoms with E-state index in [1.807, 2.05) is 0 Å². The van der Waals surface area contributed by atoms with Crippen molar-refractivity contribution in [1.82, 2.24) is 0 Å². The molecule has 0 amide bonds. The summed E-state index contributed by atoms with van der Waals surface area (Å²) in [6.45, 7) is 6.75. The predicted octanol–water partition coefficient (Wildman–Crippen LogP) is 3.23. The summed E-state index contributed by atoms with van der Waals surface area (Å²) in [5.41, 5.74) is 5.28. The number of nitrogen functional groups attached to an aromatic ring is 1. The summed E-state index contributed by atoms with van der Waals surface area (Å²) in [4.78, 5) is 23.3. The Hall–Kier alpha value is -2.31. The molecule has 0 aliphatic heterocycles. The quantitative estimate of drug-likeness (QED) is 0.257. The molecule has 0 aliphatic rings. The maximum absolute atomic E-state index is 12.4. The van der Waals surface area contributed by atoms with Crippen LogP contribution in [0, 0.1) is 29.1 Å². The van der Waals surface area contributed by atoms with Crippen molar-refractivity contribution in [3.8, 4) is 12.0 Å². The third kappa shape index (κ3) is 4.65. The average molecular weight is 429 g/mol. The molecule has 0 saturated carbocycles. The average Bonchev–Trinajstić information content (AvgIpc) is 2.51. The second-order valence-electron chi connectivity index (χ2n) is 6.31. The first-order valence-corrected chi connectivity index (χ1v) is 8.31. The van der Waals surface area contributed by atoms with Crippen LogP contribution >= 0.6 is 15.9 Å². The zero-order valence-electron chi connectivity index (χ0n) is 15.4. The van der Waals surface area contributed by atoms with E-state index >= 15 is 0 Å². The molecule has 0 fully saturated rings. The lowest BCUT2D eigenvalue weighted by molar-refractivity contribution is -0.384. The minimum absolute atomic E-state index is 0.130. The molecule has 1 rings (SSSR count). The van der Waals surface area contributed by atoms with Gasteiger partial charge >= 0.3 is 5.97 Å². The molecule has 1 aromatic rings. The van der Waals surface area contributed by atoms with Crippen LogP contribution in [0.15, 0.2) is 4.47 Å². The zero-order chi connectivity index (χ0) is 20.2. The van der Waals surface area contributed by atoms with Crippen LogP contribution < -0.4 is 5.73 Å². The molecule has 0 aliphatic carbocycles. The highest BCUT2D eigenvalue weighted by Gasteiger charge is 2.36. The summed E-state index contributed by atoms with van der Waals surface area (Å²) in [6.07, 6.45) is 1.14. The fourth-order valence-corrected chi connectivity index (χ4v) is 3.14. The maximum Gasteiger partial charge on any atom is 0.339 e. The third-order valence-electron chi connectivity index (χ3n) is 3.35. The van der Waals surface area contributed by atoms with Gasteiger partial charge in [0.25, 0.3) is 5.69 Å². The third-order valence-corrected chi connectivity index (χ3v) is 4.17. The fourth-order valence-electron chi connectivity index (χ4n) is 2.32. The summed E-state index contributed by atoms with van der Waals surface area (Å²) >= 11 is 3.35. The van der Waals surface area contributed by atoms with Crippen LogP contribution in [-0.2, 0) is 19.0 Å². The van der Waals surface area contributed by atoms with Crippen LogP contribution in [0.2, 0.25) is 0 Å². The highest BCUT2D eigenvalue weighted by molar-refractivity contribution is 9.10. The van der Waals surface area contributed by atoms with Crippen LogP contribution in [0.5, 0.6) is 0 Å². The molecule has 0 heterocycles. The Labute approximate surface area is 160 Å². The van der Waals surface area contributed by atoms with E-state index in [9.17, 15) is 14.9 Å². The molecule has 0 radical (unpaired) electrons.